The number of hydrogen-bond acceptors (Lipinski definition) is 3. The lowest BCUT2D eigenvalue weighted by atomic mass is 10.1. The number of aromatic nitrogens is 2. The van der Waals surface area contributed by atoms with Crippen molar-refractivity contribution in [1.82, 2.24) is 4.98 Å². The SMILES string of the molecule is C=C/C=C\C(=C/C=C)Cc1nc(C(/C=C\C)=C/C=C)c[n+]2c1NC(C/C(C)=C/C=C)C2=O. The van der Waals surface area contributed by atoms with Crippen molar-refractivity contribution in [2.24, 2.45) is 0 Å². The van der Waals surface area contributed by atoms with E-state index in [0.717, 1.165) is 28.2 Å². The van der Waals surface area contributed by atoms with Gasteiger partial charge in [-0.05, 0) is 19.4 Å². The first-order valence-corrected chi connectivity index (χ1v) is 10.6. The van der Waals surface area contributed by atoms with Crippen molar-refractivity contribution in [3.05, 3.63) is 122 Å². The maximum absolute atomic E-state index is 13.3. The van der Waals surface area contributed by atoms with Gasteiger partial charge in [0.25, 0.3) is 0 Å². The van der Waals surface area contributed by atoms with Crippen molar-refractivity contribution in [1.29, 1.82) is 0 Å². The second kappa shape index (κ2) is 12.2. The monoisotopic (exact) mass is 426 g/mol. The Morgan fingerprint density at radius 2 is 1.81 bits per heavy atom. The summed E-state index contributed by atoms with van der Waals surface area (Å²) < 4.78 is 1.69. The van der Waals surface area contributed by atoms with Crippen LogP contribution in [-0.2, 0) is 6.42 Å². The summed E-state index contributed by atoms with van der Waals surface area (Å²) in [6.07, 6.45) is 23.3. The van der Waals surface area contributed by atoms with Crippen LogP contribution in [0.3, 0.4) is 0 Å². The van der Waals surface area contributed by atoms with E-state index in [-0.39, 0.29) is 11.9 Å². The van der Waals surface area contributed by atoms with Gasteiger partial charge in [0.15, 0.2) is 6.04 Å². The number of carbonyl (C=O) groups is 1. The van der Waals surface area contributed by atoms with Crippen molar-refractivity contribution in [3.63, 3.8) is 0 Å². The molecule has 1 aromatic heterocycles. The Labute approximate surface area is 191 Å². The van der Waals surface area contributed by atoms with Gasteiger partial charge in [-0.2, -0.15) is 4.57 Å². The lowest BCUT2D eigenvalue weighted by Gasteiger charge is -2.08. The van der Waals surface area contributed by atoms with Gasteiger partial charge < -0.3 is 0 Å². The summed E-state index contributed by atoms with van der Waals surface area (Å²) in [7, 11) is 0. The predicted molar refractivity (Wildman–Crippen MR) is 135 cm³/mol. The fraction of sp³-hybridized carbons (Fsp3) is 0.179. The first-order chi connectivity index (χ1) is 15.5. The molecule has 1 aliphatic heterocycles. The first-order valence-electron chi connectivity index (χ1n) is 10.6. The van der Waals surface area contributed by atoms with Crippen LogP contribution >= 0.6 is 0 Å². The van der Waals surface area contributed by atoms with Gasteiger partial charge in [0.1, 0.15) is 17.6 Å². The Kier molecular flexibility index (Phi) is 9.30. The van der Waals surface area contributed by atoms with Gasteiger partial charge in [-0.25, -0.2) is 9.78 Å². The molecule has 0 fully saturated rings. The zero-order valence-electron chi connectivity index (χ0n) is 19.1. The Balaban J connectivity index is 2.62. The lowest BCUT2D eigenvalue weighted by molar-refractivity contribution is -0.553. The standard InChI is InChI=1S/C28H31N3O/c1-7-12-17-22(14-9-3)19-24-27-30-25(18-21(6)13-8-2)28(32)31(27)20-26(29-24)23(15-10-4)16-11-5/h7-17,20,25H,1-4,18-19H2,5-6H3/p+1/b16-11-,17-12-,21-13+,22-14+,23-15+. The van der Waals surface area contributed by atoms with Crippen LogP contribution in [0.5, 0.6) is 0 Å². The number of hydrogen-bond donors (Lipinski definition) is 1. The molecule has 1 unspecified atom stereocenters. The van der Waals surface area contributed by atoms with Crippen LogP contribution in [0, 0.1) is 0 Å². The number of carbonyl (C=O) groups excluding carboxylic acids is 1. The number of nitrogens with zero attached hydrogens (tertiary/aromatic N) is 2. The first kappa shape index (κ1) is 24.5. The fourth-order valence-corrected chi connectivity index (χ4v) is 3.51. The zero-order chi connectivity index (χ0) is 23.5. The molecule has 4 heteroatoms. The van der Waals surface area contributed by atoms with E-state index in [4.69, 9.17) is 4.98 Å². The molecule has 0 aromatic carbocycles. The third kappa shape index (κ3) is 6.11. The van der Waals surface area contributed by atoms with Crippen molar-refractivity contribution in [2.75, 3.05) is 5.32 Å². The Morgan fingerprint density at radius 3 is 2.44 bits per heavy atom. The van der Waals surface area contributed by atoms with Crippen molar-refractivity contribution >= 4 is 17.3 Å². The van der Waals surface area contributed by atoms with E-state index in [9.17, 15) is 4.79 Å². The summed E-state index contributed by atoms with van der Waals surface area (Å²) in [5.74, 6) is 0.714. The normalized spacial score (nSPS) is 16.9. The molecule has 1 atom stereocenters. The molecule has 0 bridgehead atoms. The molecule has 164 valence electrons. The van der Waals surface area contributed by atoms with E-state index >= 15 is 0 Å². The van der Waals surface area contributed by atoms with Crippen LogP contribution in [-0.4, -0.2) is 16.9 Å². The van der Waals surface area contributed by atoms with Crippen molar-refractivity contribution < 1.29 is 9.36 Å². The summed E-state index contributed by atoms with van der Waals surface area (Å²) >= 11 is 0. The zero-order valence-corrected chi connectivity index (χ0v) is 19.1. The summed E-state index contributed by atoms with van der Waals surface area (Å²) in [5, 5.41) is 3.40. The van der Waals surface area contributed by atoms with Gasteiger partial charge in [-0.1, -0.05) is 98.7 Å². The predicted octanol–water partition coefficient (Wildman–Crippen LogP) is 5.87. The minimum Gasteiger partial charge on any atom is -0.258 e. The van der Waals surface area contributed by atoms with Gasteiger partial charge >= 0.3 is 11.7 Å². The average molecular weight is 427 g/mol. The smallest absolute Gasteiger partial charge is 0.258 e. The van der Waals surface area contributed by atoms with Gasteiger partial charge in [-0.3, -0.25) is 5.32 Å². The molecule has 0 aliphatic carbocycles. The molecule has 0 spiro atoms. The van der Waals surface area contributed by atoms with Crippen molar-refractivity contribution in [3.8, 4) is 0 Å². The number of allylic oxidation sites excluding steroid dienone is 13. The molecular weight excluding hydrogens is 394 g/mol. The van der Waals surface area contributed by atoms with E-state index in [1.165, 1.54) is 0 Å². The molecule has 0 amide bonds. The molecule has 1 aromatic rings. The van der Waals surface area contributed by atoms with Crippen LogP contribution in [0.15, 0.2) is 110 Å². The molecule has 0 saturated heterocycles. The highest BCUT2D eigenvalue weighted by Crippen LogP contribution is 2.25. The molecule has 1 N–H and O–H groups in total. The number of rotatable bonds is 11. The minimum absolute atomic E-state index is 0.00368. The maximum atomic E-state index is 13.3. The van der Waals surface area contributed by atoms with Crippen LogP contribution in [0.25, 0.3) is 5.57 Å². The Hall–Kier alpha value is -3.79. The quantitative estimate of drug-likeness (QED) is 0.356. The molecule has 2 rings (SSSR count). The van der Waals surface area contributed by atoms with Crippen LogP contribution in [0.4, 0.5) is 5.82 Å². The molecule has 1 aliphatic rings. The van der Waals surface area contributed by atoms with Gasteiger partial charge in [0, 0.05) is 18.4 Å². The maximum Gasteiger partial charge on any atom is 0.359 e. The van der Waals surface area contributed by atoms with Crippen molar-refractivity contribution in [2.45, 2.75) is 32.7 Å². The van der Waals surface area contributed by atoms with Gasteiger partial charge in [-0.15, -0.1) is 0 Å². The van der Waals surface area contributed by atoms with Gasteiger partial charge in [0.2, 0.25) is 0 Å². The summed E-state index contributed by atoms with van der Waals surface area (Å²) in [6.45, 7) is 19.1. The summed E-state index contributed by atoms with van der Waals surface area (Å²) in [4.78, 5) is 18.2. The average Bonchev–Trinajstić information content (AvgIpc) is 3.07. The molecule has 0 radical (unpaired) electrons. The van der Waals surface area contributed by atoms with E-state index in [1.54, 1.807) is 35.1 Å². The van der Waals surface area contributed by atoms with Gasteiger partial charge in [0.05, 0.1) is 0 Å². The summed E-state index contributed by atoms with van der Waals surface area (Å²) in [5.41, 5.74) is 4.46. The lowest BCUT2D eigenvalue weighted by Crippen LogP contribution is -2.43. The van der Waals surface area contributed by atoms with E-state index < -0.39 is 0 Å². The number of nitrogens with one attached hydrogen (secondary N) is 1. The fourth-order valence-electron chi connectivity index (χ4n) is 3.51. The molecule has 4 nitrogen and oxygen atoms in total. The minimum atomic E-state index is -0.355. The number of anilines is 1. The molecule has 2 heterocycles. The Bertz CT molecular complexity index is 1060. The second-order valence-corrected chi connectivity index (χ2v) is 7.39. The highest BCUT2D eigenvalue weighted by atomic mass is 16.2. The van der Waals surface area contributed by atoms with E-state index in [2.05, 4.69) is 31.6 Å². The van der Waals surface area contributed by atoms with E-state index in [1.807, 2.05) is 56.4 Å². The topological polar surface area (TPSA) is 45.9 Å². The molecule has 32 heavy (non-hydrogen) atoms. The second-order valence-electron chi connectivity index (χ2n) is 7.39. The molecular formula is C28H32N3O+. The van der Waals surface area contributed by atoms with E-state index in [0.29, 0.717) is 18.5 Å². The largest absolute Gasteiger partial charge is 0.359 e. The Morgan fingerprint density at radius 1 is 1.09 bits per heavy atom. The third-order valence-corrected chi connectivity index (χ3v) is 4.89. The molecule has 0 saturated carbocycles. The highest BCUT2D eigenvalue weighted by Gasteiger charge is 2.41. The van der Waals surface area contributed by atoms with Crippen LogP contribution < -0.4 is 9.88 Å². The number of fused-ring (bicyclic) bond motifs is 1. The highest BCUT2D eigenvalue weighted by molar-refractivity contribution is 5.83. The van der Waals surface area contributed by atoms with Crippen LogP contribution in [0.2, 0.25) is 0 Å². The third-order valence-electron chi connectivity index (χ3n) is 4.89. The summed E-state index contributed by atoms with van der Waals surface area (Å²) in [6, 6.07) is -0.355. The van der Waals surface area contributed by atoms with Crippen LogP contribution in [0.1, 0.15) is 36.5 Å².